The maximum atomic E-state index is 11.0. The molecule has 0 aliphatic heterocycles. The fourth-order valence-electron chi connectivity index (χ4n) is 1.34. The fourth-order valence-corrected chi connectivity index (χ4v) is 1.34. The van der Waals surface area contributed by atoms with Gasteiger partial charge in [0.15, 0.2) is 0 Å². The number of esters is 1. The summed E-state index contributed by atoms with van der Waals surface area (Å²) >= 11 is 0. The Morgan fingerprint density at radius 3 is 2.62 bits per heavy atom. The van der Waals surface area contributed by atoms with Gasteiger partial charge in [-0.25, -0.2) is 5.84 Å². The summed E-state index contributed by atoms with van der Waals surface area (Å²) in [6.07, 6.45) is 0. The van der Waals surface area contributed by atoms with E-state index in [0.29, 0.717) is 0 Å². The molecular weight excluding hydrogens is 208 g/mol. The minimum absolute atomic E-state index is 0.0161. The van der Waals surface area contributed by atoms with Crippen LogP contribution < -0.4 is 15.6 Å². The number of hydrogen-bond acceptors (Lipinski definition) is 5. The molecule has 0 unspecified atom stereocenters. The van der Waals surface area contributed by atoms with Crippen LogP contribution in [-0.2, 0) is 9.53 Å². The van der Waals surface area contributed by atoms with Crippen LogP contribution in [0.4, 0.5) is 5.69 Å². The van der Waals surface area contributed by atoms with Gasteiger partial charge in [0.2, 0.25) is 0 Å². The third-order valence-electron chi connectivity index (χ3n) is 2.24. The van der Waals surface area contributed by atoms with E-state index in [4.69, 9.17) is 10.6 Å². The highest BCUT2D eigenvalue weighted by Gasteiger charge is 2.09. The van der Waals surface area contributed by atoms with Gasteiger partial charge in [-0.1, -0.05) is 0 Å². The smallest absolute Gasteiger partial charge is 0.326 e. The highest BCUT2D eigenvalue weighted by atomic mass is 16.5. The minimum Gasteiger partial charge on any atom is -0.496 e. The molecule has 0 heterocycles. The summed E-state index contributed by atoms with van der Waals surface area (Å²) in [6.45, 7) is 1.93. The molecule has 5 nitrogen and oxygen atoms in total. The molecule has 0 aliphatic rings. The zero-order valence-corrected chi connectivity index (χ0v) is 9.69. The minimum atomic E-state index is -0.379. The first-order valence-corrected chi connectivity index (χ1v) is 4.82. The summed E-state index contributed by atoms with van der Waals surface area (Å²) in [6, 6.07) is 5.44. The monoisotopic (exact) mass is 224 g/mol. The molecular formula is C11H16N2O3. The van der Waals surface area contributed by atoms with Crippen molar-refractivity contribution in [2.45, 2.75) is 6.92 Å². The van der Waals surface area contributed by atoms with Crippen molar-refractivity contribution >= 4 is 11.7 Å². The summed E-state index contributed by atoms with van der Waals surface area (Å²) in [4.78, 5) is 11.0. The van der Waals surface area contributed by atoms with E-state index in [1.165, 1.54) is 12.1 Å². The molecule has 16 heavy (non-hydrogen) atoms. The van der Waals surface area contributed by atoms with Gasteiger partial charge in [-0.15, -0.1) is 0 Å². The summed E-state index contributed by atoms with van der Waals surface area (Å²) in [5, 5.41) is 1.33. The van der Waals surface area contributed by atoms with E-state index >= 15 is 0 Å². The number of carbonyl (C=O) groups excluding carboxylic acids is 1. The Bertz CT molecular complexity index is 379. The first-order valence-electron chi connectivity index (χ1n) is 4.82. The van der Waals surface area contributed by atoms with Crippen molar-refractivity contribution in [3.05, 3.63) is 23.8 Å². The van der Waals surface area contributed by atoms with Gasteiger partial charge in [-0.05, 0) is 30.7 Å². The summed E-state index contributed by atoms with van der Waals surface area (Å²) < 4.78 is 9.66. The number of nitrogens with zero attached hydrogens (tertiary/aromatic N) is 1. The van der Waals surface area contributed by atoms with Crippen molar-refractivity contribution < 1.29 is 14.3 Å². The maximum absolute atomic E-state index is 11.0. The van der Waals surface area contributed by atoms with Crippen molar-refractivity contribution in [3.63, 3.8) is 0 Å². The van der Waals surface area contributed by atoms with Gasteiger partial charge in [0.05, 0.1) is 19.9 Å². The van der Waals surface area contributed by atoms with E-state index in [9.17, 15) is 4.79 Å². The van der Waals surface area contributed by atoms with E-state index in [1.807, 2.05) is 19.1 Å². The van der Waals surface area contributed by atoms with Crippen LogP contribution >= 0.6 is 0 Å². The van der Waals surface area contributed by atoms with Crippen molar-refractivity contribution in [1.29, 1.82) is 0 Å². The van der Waals surface area contributed by atoms with Gasteiger partial charge >= 0.3 is 5.97 Å². The lowest BCUT2D eigenvalue weighted by Crippen LogP contribution is -2.36. The molecule has 1 aromatic carbocycles. The van der Waals surface area contributed by atoms with E-state index < -0.39 is 0 Å². The van der Waals surface area contributed by atoms with E-state index in [-0.39, 0.29) is 12.5 Å². The predicted octanol–water partition coefficient (Wildman–Crippen LogP) is 0.857. The van der Waals surface area contributed by atoms with Crippen molar-refractivity contribution in [2.24, 2.45) is 5.84 Å². The third kappa shape index (κ3) is 2.87. The van der Waals surface area contributed by atoms with Crippen LogP contribution in [0.3, 0.4) is 0 Å². The molecule has 0 aliphatic carbocycles. The molecule has 0 bridgehead atoms. The molecule has 0 spiro atoms. The van der Waals surface area contributed by atoms with Crippen LogP contribution in [0.2, 0.25) is 0 Å². The maximum Gasteiger partial charge on any atom is 0.326 e. The average molecular weight is 224 g/mol. The molecule has 0 amide bonds. The van der Waals surface area contributed by atoms with E-state index in [2.05, 4.69) is 4.74 Å². The molecule has 88 valence electrons. The number of methoxy groups -OCH3 is 2. The third-order valence-corrected chi connectivity index (χ3v) is 2.24. The van der Waals surface area contributed by atoms with Gasteiger partial charge in [0, 0.05) is 0 Å². The lowest BCUT2D eigenvalue weighted by Gasteiger charge is -2.18. The van der Waals surface area contributed by atoms with Gasteiger partial charge in [-0.2, -0.15) is 0 Å². The quantitative estimate of drug-likeness (QED) is 0.467. The Morgan fingerprint density at radius 1 is 1.44 bits per heavy atom. The molecule has 0 saturated carbocycles. The molecule has 0 fully saturated rings. The zero-order chi connectivity index (χ0) is 12.1. The van der Waals surface area contributed by atoms with Gasteiger partial charge < -0.3 is 9.47 Å². The molecule has 0 radical (unpaired) electrons. The predicted molar refractivity (Wildman–Crippen MR) is 61.3 cm³/mol. The number of nitrogens with two attached hydrogens (primary N) is 1. The van der Waals surface area contributed by atoms with Crippen LogP contribution in [0.25, 0.3) is 0 Å². The van der Waals surface area contributed by atoms with Crippen molar-refractivity contribution in [1.82, 2.24) is 0 Å². The van der Waals surface area contributed by atoms with Crippen molar-refractivity contribution in [2.75, 3.05) is 25.8 Å². The number of aryl methyl sites for hydroxylation is 1. The second-order valence-corrected chi connectivity index (χ2v) is 3.36. The number of benzene rings is 1. The van der Waals surface area contributed by atoms with Gasteiger partial charge in [0.25, 0.3) is 0 Å². The molecule has 0 atom stereocenters. The molecule has 1 aromatic rings. The zero-order valence-electron chi connectivity index (χ0n) is 9.69. The van der Waals surface area contributed by atoms with Crippen LogP contribution in [0.1, 0.15) is 5.56 Å². The Balaban J connectivity index is 2.80. The lowest BCUT2D eigenvalue weighted by atomic mass is 10.2. The topological polar surface area (TPSA) is 64.8 Å². The van der Waals surface area contributed by atoms with Gasteiger partial charge in [0.1, 0.15) is 12.3 Å². The number of hydrogen-bond donors (Lipinski definition) is 1. The SMILES string of the molecule is COC(=O)CN(N)c1ccc(OC)c(C)c1. The average Bonchev–Trinajstić information content (AvgIpc) is 2.28. The molecule has 5 heteroatoms. The highest BCUT2D eigenvalue weighted by molar-refractivity contribution is 5.75. The Hall–Kier alpha value is -1.75. The number of anilines is 1. The fraction of sp³-hybridized carbons (Fsp3) is 0.364. The Morgan fingerprint density at radius 2 is 2.12 bits per heavy atom. The Labute approximate surface area is 94.7 Å². The van der Waals surface area contributed by atoms with Crippen LogP contribution in [0.5, 0.6) is 5.75 Å². The second kappa shape index (κ2) is 5.37. The molecule has 1 rings (SSSR count). The molecule has 0 aromatic heterocycles. The van der Waals surface area contributed by atoms with Crippen LogP contribution in [0, 0.1) is 6.92 Å². The summed E-state index contributed by atoms with van der Waals surface area (Å²) in [5.74, 6) is 6.13. The first kappa shape index (κ1) is 12.3. The Kier molecular flexibility index (Phi) is 4.13. The number of ether oxygens (including phenoxy) is 2. The first-order chi connectivity index (χ1) is 7.58. The number of rotatable bonds is 4. The second-order valence-electron chi connectivity index (χ2n) is 3.36. The summed E-state index contributed by atoms with van der Waals surface area (Å²) in [7, 11) is 2.94. The normalized spacial score (nSPS) is 9.75. The van der Waals surface area contributed by atoms with E-state index in [1.54, 1.807) is 13.2 Å². The molecule has 2 N–H and O–H groups in total. The van der Waals surface area contributed by atoms with Crippen LogP contribution in [0.15, 0.2) is 18.2 Å². The van der Waals surface area contributed by atoms with Crippen molar-refractivity contribution in [3.8, 4) is 5.75 Å². The largest absolute Gasteiger partial charge is 0.496 e. The van der Waals surface area contributed by atoms with Crippen LogP contribution in [-0.4, -0.2) is 26.7 Å². The highest BCUT2D eigenvalue weighted by Crippen LogP contribution is 2.22. The van der Waals surface area contributed by atoms with E-state index in [0.717, 1.165) is 17.0 Å². The lowest BCUT2D eigenvalue weighted by molar-refractivity contribution is -0.138. The standard InChI is InChI=1S/C11H16N2O3/c1-8-6-9(4-5-10(8)15-2)13(12)7-11(14)16-3/h4-6H,7,12H2,1-3H3. The number of hydrazine groups is 1. The number of carbonyl (C=O) groups is 1. The summed E-state index contributed by atoms with van der Waals surface area (Å²) in [5.41, 5.74) is 1.70. The molecule has 0 saturated heterocycles. The van der Waals surface area contributed by atoms with Gasteiger partial charge in [-0.3, -0.25) is 9.80 Å².